The van der Waals surface area contributed by atoms with Crippen LogP contribution in [-0.2, 0) is 21.2 Å². The van der Waals surface area contributed by atoms with Crippen LogP contribution in [-0.4, -0.2) is 20.4 Å². The molecule has 4 aliphatic carbocycles. The molecule has 1 aliphatic heterocycles. The highest BCUT2D eigenvalue weighted by Gasteiger charge is 2.49. The van der Waals surface area contributed by atoms with Gasteiger partial charge in [-0.3, -0.25) is 4.79 Å². The second-order valence-electron chi connectivity index (χ2n) is 8.44. The summed E-state index contributed by atoms with van der Waals surface area (Å²) in [7, 11) is -3.51. The lowest BCUT2D eigenvalue weighted by Crippen LogP contribution is -2.55. The van der Waals surface area contributed by atoms with Crippen molar-refractivity contribution in [3.05, 3.63) is 23.8 Å². The van der Waals surface area contributed by atoms with Crippen molar-refractivity contribution in [3.63, 3.8) is 0 Å². The maximum Gasteiger partial charge on any atom is 0.240 e. The zero-order valence-corrected chi connectivity index (χ0v) is 15.0. The SMILES string of the molecule is O=C1CCc2cc(S(=O)(=O)NC3C4CC5CC(C4)CC3C5)ccc2N1. The molecule has 0 saturated heterocycles. The number of amides is 1. The average Bonchev–Trinajstić information content (AvgIpc) is 2.57. The zero-order chi connectivity index (χ0) is 17.2. The topological polar surface area (TPSA) is 75.3 Å². The molecule has 6 rings (SSSR count). The molecule has 1 aromatic carbocycles. The van der Waals surface area contributed by atoms with Crippen LogP contribution in [0.3, 0.4) is 0 Å². The molecule has 2 N–H and O–H groups in total. The van der Waals surface area contributed by atoms with Crippen molar-refractivity contribution in [2.24, 2.45) is 23.7 Å². The van der Waals surface area contributed by atoms with Crippen molar-refractivity contribution in [2.45, 2.75) is 55.9 Å². The van der Waals surface area contributed by atoms with E-state index in [0.29, 0.717) is 29.6 Å². The lowest BCUT2D eigenvalue weighted by Gasteiger charge is -2.54. The quantitative estimate of drug-likeness (QED) is 0.870. The van der Waals surface area contributed by atoms with Crippen LogP contribution in [0.25, 0.3) is 0 Å². The van der Waals surface area contributed by atoms with E-state index in [2.05, 4.69) is 10.0 Å². The number of benzene rings is 1. The maximum absolute atomic E-state index is 13.0. The number of sulfonamides is 1. The van der Waals surface area contributed by atoms with E-state index < -0.39 is 10.0 Å². The summed E-state index contributed by atoms with van der Waals surface area (Å²) < 4.78 is 29.0. The van der Waals surface area contributed by atoms with E-state index in [-0.39, 0.29) is 11.9 Å². The first-order valence-electron chi connectivity index (χ1n) is 9.43. The maximum atomic E-state index is 13.0. The second kappa shape index (κ2) is 5.55. The molecule has 25 heavy (non-hydrogen) atoms. The summed E-state index contributed by atoms with van der Waals surface area (Å²) in [4.78, 5) is 11.8. The molecule has 0 spiro atoms. The molecule has 6 heteroatoms. The van der Waals surface area contributed by atoms with Gasteiger partial charge in [-0.2, -0.15) is 0 Å². The van der Waals surface area contributed by atoms with Gasteiger partial charge in [0.05, 0.1) is 4.90 Å². The highest BCUT2D eigenvalue weighted by Crippen LogP contribution is 2.53. The Kier molecular flexibility index (Phi) is 3.51. The van der Waals surface area contributed by atoms with Crippen LogP contribution < -0.4 is 10.0 Å². The highest BCUT2D eigenvalue weighted by atomic mass is 32.2. The molecular formula is C19H24N2O3S. The van der Waals surface area contributed by atoms with Gasteiger partial charge < -0.3 is 5.32 Å². The van der Waals surface area contributed by atoms with Gasteiger partial charge in [0.1, 0.15) is 0 Å². The van der Waals surface area contributed by atoms with Gasteiger partial charge in [0.2, 0.25) is 15.9 Å². The number of nitrogens with one attached hydrogen (secondary N) is 2. The number of aryl methyl sites for hydroxylation is 1. The number of carbonyl (C=O) groups excluding carboxylic acids is 1. The molecular weight excluding hydrogens is 336 g/mol. The molecule has 5 nitrogen and oxygen atoms in total. The van der Waals surface area contributed by atoms with Crippen LogP contribution in [0.4, 0.5) is 5.69 Å². The van der Waals surface area contributed by atoms with Gasteiger partial charge in [0.15, 0.2) is 0 Å². The number of rotatable bonds is 3. The third kappa shape index (κ3) is 2.70. The Morgan fingerprint density at radius 1 is 0.960 bits per heavy atom. The van der Waals surface area contributed by atoms with E-state index in [9.17, 15) is 13.2 Å². The van der Waals surface area contributed by atoms with Crippen LogP contribution in [0.5, 0.6) is 0 Å². The van der Waals surface area contributed by atoms with Gasteiger partial charge in [-0.25, -0.2) is 13.1 Å². The molecule has 134 valence electrons. The normalized spacial score (nSPS) is 36.2. The van der Waals surface area contributed by atoms with Crippen molar-refractivity contribution in [1.29, 1.82) is 0 Å². The van der Waals surface area contributed by atoms with Crippen LogP contribution in [0.15, 0.2) is 23.1 Å². The largest absolute Gasteiger partial charge is 0.326 e. The van der Waals surface area contributed by atoms with Crippen molar-refractivity contribution in [1.82, 2.24) is 4.72 Å². The number of anilines is 1. The number of hydrogen-bond acceptors (Lipinski definition) is 3. The lowest BCUT2D eigenvalue weighted by molar-refractivity contribution is -0.116. The molecule has 0 aromatic heterocycles. The minimum absolute atomic E-state index is 0.00479. The summed E-state index contributed by atoms with van der Waals surface area (Å²) in [5.41, 5.74) is 1.65. The van der Waals surface area contributed by atoms with Gasteiger partial charge >= 0.3 is 0 Å². The van der Waals surface area contributed by atoms with Crippen LogP contribution in [0.2, 0.25) is 0 Å². The molecule has 1 amide bonds. The molecule has 0 radical (unpaired) electrons. The first kappa shape index (κ1) is 15.8. The van der Waals surface area contributed by atoms with E-state index in [1.165, 1.54) is 32.1 Å². The van der Waals surface area contributed by atoms with Gasteiger partial charge in [-0.05, 0) is 86.0 Å². The van der Waals surface area contributed by atoms with Gasteiger partial charge in [0.25, 0.3) is 0 Å². The third-order valence-corrected chi connectivity index (χ3v) is 8.26. The number of fused-ring (bicyclic) bond motifs is 1. The molecule has 4 bridgehead atoms. The fraction of sp³-hybridized carbons (Fsp3) is 0.632. The summed E-state index contributed by atoms with van der Waals surface area (Å²) in [6, 6.07) is 5.17. The van der Waals surface area contributed by atoms with E-state index in [4.69, 9.17) is 0 Å². The molecule has 1 heterocycles. The Morgan fingerprint density at radius 3 is 2.32 bits per heavy atom. The Bertz CT molecular complexity index is 805. The summed E-state index contributed by atoms with van der Waals surface area (Å²) >= 11 is 0. The van der Waals surface area contributed by atoms with Gasteiger partial charge in [-0.1, -0.05) is 0 Å². The predicted octanol–water partition coefficient (Wildman–Crippen LogP) is 2.67. The molecule has 0 atom stereocenters. The average molecular weight is 360 g/mol. The lowest BCUT2D eigenvalue weighted by atomic mass is 9.54. The number of hydrogen-bond donors (Lipinski definition) is 2. The Hall–Kier alpha value is -1.40. The zero-order valence-electron chi connectivity index (χ0n) is 14.2. The Balaban J connectivity index is 1.39. The first-order chi connectivity index (χ1) is 12.0. The third-order valence-electron chi connectivity index (χ3n) is 6.80. The standard InChI is InChI=1S/C19H24N2O3S/c22-18-4-1-13-10-16(2-3-17(13)20-18)25(23,24)21-19-14-6-11-5-12(8-14)9-15(19)7-11/h2-3,10-12,14-15,19,21H,1,4-9H2,(H,20,22). The summed E-state index contributed by atoms with van der Waals surface area (Å²) in [6.45, 7) is 0. The first-order valence-corrected chi connectivity index (χ1v) is 10.9. The second-order valence-corrected chi connectivity index (χ2v) is 10.2. The fourth-order valence-corrected chi connectivity index (χ4v) is 7.32. The smallest absolute Gasteiger partial charge is 0.240 e. The summed E-state index contributed by atoms with van der Waals surface area (Å²) in [5, 5.41) is 2.81. The molecule has 1 aromatic rings. The predicted molar refractivity (Wildman–Crippen MR) is 94.5 cm³/mol. The van der Waals surface area contributed by atoms with Crippen LogP contribution >= 0.6 is 0 Å². The van der Waals surface area contributed by atoms with E-state index in [1.807, 2.05) is 0 Å². The fourth-order valence-electron chi connectivity index (χ4n) is 5.89. The molecule has 5 aliphatic rings. The Morgan fingerprint density at radius 2 is 1.64 bits per heavy atom. The van der Waals surface area contributed by atoms with E-state index in [0.717, 1.165) is 23.1 Å². The van der Waals surface area contributed by atoms with Crippen molar-refractivity contribution in [3.8, 4) is 0 Å². The van der Waals surface area contributed by atoms with Crippen LogP contribution in [0.1, 0.15) is 44.1 Å². The summed E-state index contributed by atoms with van der Waals surface area (Å²) in [6.07, 6.45) is 7.14. The van der Waals surface area contributed by atoms with E-state index in [1.54, 1.807) is 18.2 Å². The van der Waals surface area contributed by atoms with Crippen LogP contribution in [0, 0.1) is 23.7 Å². The van der Waals surface area contributed by atoms with E-state index >= 15 is 0 Å². The molecule has 4 fully saturated rings. The van der Waals surface area contributed by atoms with Crippen molar-refractivity contribution < 1.29 is 13.2 Å². The van der Waals surface area contributed by atoms with Gasteiger partial charge in [0, 0.05) is 18.2 Å². The summed E-state index contributed by atoms with van der Waals surface area (Å²) in [5.74, 6) is 2.69. The molecule has 4 saturated carbocycles. The van der Waals surface area contributed by atoms with Gasteiger partial charge in [-0.15, -0.1) is 0 Å². The van der Waals surface area contributed by atoms with Crippen molar-refractivity contribution in [2.75, 3.05) is 5.32 Å². The van der Waals surface area contributed by atoms with Crippen molar-refractivity contribution >= 4 is 21.6 Å². The highest BCUT2D eigenvalue weighted by molar-refractivity contribution is 7.89. The number of carbonyl (C=O) groups is 1. The minimum atomic E-state index is -3.51. The molecule has 0 unspecified atom stereocenters. The minimum Gasteiger partial charge on any atom is -0.326 e. The monoisotopic (exact) mass is 360 g/mol. The Labute approximate surface area is 148 Å².